The summed E-state index contributed by atoms with van der Waals surface area (Å²) >= 11 is 0. The van der Waals surface area contributed by atoms with E-state index in [4.69, 9.17) is 4.74 Å². The van der Waals surface area contributed by atoms with Gasteiger partial charge in [0.05, 0.1) is 20.3 Å². The summed E-state index contributed by atoms with van der Waals surface area (Å²) in [5.74, 6) is -0.858. The van der Waals surface area contributed by atoms with E-state index in [1.54, 1.807) is 0 Å². The van der Waals surface area contributed by atoms with Gasteiger partial charge in [-0.2, -0.15) is 13.2 Å². The summed E-state index contributed by atoms with van der Waals surface area (Å²) in [6.45, 7) is -1.36. The molecule has 1 N–H and O–H groups in total. The average Bonchev–Trinajstić information content (AvgIpc) is 3.06. The van der Waals surface area contributed by atoms with E-state index in [9.17, 15) is 18.0 Å². The van der Waals surface area contributed by atoms with Crippen molar-refractivity contribution in [2.75, 3.05) is 27.4 Å². The first-order chi connectivity index (χ1) is 7.85. The Morgan fingerprint density at radius 3 is 2.29 bits per heavy atom. The Labute approximate surface area is 97.5 Å². The van der Waals surface area contributed by atoms with E-state index < -0.39 is 24.2 Å². The zero-order chi connectivity index (χ0) is 13.1. The molecule has 1 unspecified atom stereocenters. The smallest absolute Gasteiger partial charge is 0.401 e. The van der Waals surface area contributed by atoms with Gasteiger partial charge in [0.15, 0.2) is 0 Å². The number of ether oxygens (including phenoxy) is 2. The number of nitrogens with one attached hydrogen (secondary N) is 1. The predicted molar refractivity (Wildman–Crippen MR) is 53.4 cm³/mol. The average molecular weight is 255 g/mol. The van der Waals surface area contributed by atoms with Crippen LogP contribution in [0.4, 0.5) is 13.2 Å². The fourth-order valence-electron chi connectivity index (χ4n) is 1.85. The van der Waals surface area contributed by atoms with Crippen LogP contribution in [0.1, 0.15) is 12.8 Å². The molecule has 7 heteroatoms. The first kappa shape index (κ1) is 14.2. The number of halogens is 3. The molecule has 1 atom stereocenters. The summed E-state index contributed by atoms with van der Waals surface area (Å²) < 4.78 is 46.1. The standard InChI is InChI=1S/C10H16F3NO3/c1-16-6-9(7-3-4-7,8(15)17-2)14-5-10(11,12)13/h7,14H,3-6H2,1-2H3. The molecular weight excluding hydrogens is 239 g/mol. The highest BCUT2D eigenvalue weighted by Gasteiger charge is 2.53. The molecule has 1 saturated carbocycles. The van der Waals surface area contributed by atoms with Gasteiger partial charge in [-0.15, -0.1) is 0 Å². The van der Waals surface area contributed by atoms with Gasteiger partial charge in [-0.25, -0.2) is 4.79 Å². The lowest BCUT2D eigenvalue weighted by atomic mass is 9.94. The highest BCUT2D eigenvalue weighted by molar-refractivity contribution is 5.82. The van der Waals surface area contributed by atoms with Crippen molar-refractivity contribution in [3.8, 4) is 0 Å². The number of hydrogen-bond donors (Lipinski definition) is 1. The third kappa shape index (κ3) is 3.57. The molecule has 0 aromatic rings. The van der Waals surface area contributed by atoms with Gasteiger partial charge in [0.2, 0.25) is 0 Å². The summed E-state index contributed by atoms with van der Waals surface area (Å²) in [6, 6.07) is 0. The monoisotopic (exact) mass is 255 g/mol. The molecule has 0 heterocycles. The maximum Gasteiger partial charge on any atom is 0.401 e. The lowest BCUT2D eigenvalue weighted by Gasteiger charge is -2.31. The Morgan fingerprint density at radius 1 is 1.35 bits per heavy atom. The summed E-state index contributed by atoms with van der Waals surface area (Å²) in [4.78, 5) is 11.7. The van der Waals surface area contributed by atoms with Crippen LogP contribution < -0.4 is 5.32 Å². The van der Waals surface area contributed by atoms with E-state index in [1.165, 1.54) is 7.11 Å². The molecule has 0 aromatic carbocycles. The van der Waals surface area contributed by atoms with Gasteiger partial charge in [0.1, 0.15) is 5.54 Å². The fourth-order valence-corrected chi connectivity index (χ4v) is 1.85. The minimum absolute atomic E-state index is 0.125. The van der Waals surface area contributed by atoms with Gasteiger partial charge < -0.3 is 9.47 Å². The normalized spacial score (nSPS) is 19.8. The van der Waals surface area contributed by atoms with Crippen LogP contribution in [0.15, 0.2) is 0 Å². The highest BCUT2D eigenvalue weighted by Crippen LogP contribution is 2.41. The van der Waals surface area contributed by atoms with E-state index in [1.807, 2.05) is 0 Å². The van der Waals surface area contributed by atoms with Crippen LogP contribution in [0.3, 0.4) is 0 Å². The van der Waals surface area contributed by atoms with Crippen molar-refractivity contribution >= 4 is 5.97 Å². The van der Waals surface area contributed by atoms with Gasteiger partial charge >= 0.3 is 12.1 Å². The number of rotatable bonds is 6. The van der Waals surface area contributed by atoms with Crippen LogP contribution in [0.5, 0.6) is 0 Å². The van der Waals surface area contributed by atoms with E-state index in [0.29, 0.717) is 12.8 Å². The molecule has 100 valence electrons. The Kier molecular flexibility index (Phi) is 4.37. The van der Waals surface area contributed by atoms with Crippen molar-refractivity contribution in [1.29, 1.82) is 0 Å². The number of carbonyl (C=O) groups excluding carboxylic acids is 1. The molecule has 1 aliphatic carbocycles. The predicted octanol–water partition coefficient (Wildman–Crippen LogP) is 1.11. The SMILES string of the molecule is COCC(NCC(F)(F)F)(C(=O)OC)C1CC1. The van der Waals surface area contributed by atoms with E-state index in [-0.39, 0.29) is 12.5 Å². The van der Waals surface area contributed by atoms with Crippen molar-refractivity contribution in [3.63, 3.8) is 0 Å². The molecule has 17 heavy (non-hydrogen) atoms. The minimum Gasteiger partial charge on any atom is -0.468 e. The van der Waals surface area contributed by atoms with Crippen molar-refractivity contribution < 1.29 is 27.4 Å². The zero-order valence-corrected chi connectivity index (χ0v) is 9.76. The second-order valence-corrected chi connectivity index (χ2v) is 4.14. The molecule has 0 saturated heterocycles. The van der Waals surface area contributed by atoms with Crippen LogP contribution >= 0.6 is 0 Å². The number of alkyl halides is 3. The molecule has 0 bridgehead atoms. The summed E-state index contributed by atoms with van der Waals surface area (Å²) in [5.41, 5.74) is -1.38. The zero-order valence-electron chi connectivity index (χ0n) is 9.76. The largest absolute Gasteiger partial charge is 0.468 e. The van der Waals surface area contributed by atoms with Crippen LogP contribution in [0, 0.1) is 5.92 Å². The molecule has 0 aliphatic heterocycles. The van der Waals surface area contributed by atoms with Gasteiger partial charge in [0.25, 0.3) is 0 Å². The molecule has 1 aliphatic rings. The topological polar surface area (TPSA) is 47.6 Å². The first-order valence-corrected chi connectivity index (χ1v) is 5.25. The number of hydrogen-bond acceptors (Lipinski definition) is 4. The first-order valence-electron chi connectivity index (χ1n) is 5.25. The van der Waals surface area contributed by atoms with Crippen molar-refractivity contribution in [1.82, 2.24) is 5.32 Å². The molecule has 0 spiro atoms. The number of carbonyl (C=O) groups is 1. The van der Waals surface area contributed by atoms with Crippen LogP contribution in [-0.2, 0) is 14.3 Å². The van der Waals surface area contributed by atoms with Crippen LogP contribution in [0.25, 0.3) is 0 Å². The maximum absolute atomic E-state index is 12.2. The molecule has 4 nitrogen and oxygen atoms in total. The molecule has 0 aromatic heterocycles. The molecular formula is C10H16F3NO3. The summed E-state index contributed by atoms with van der Waals surface area (Å²) in [6.07, 6.45) is -2.98. The Bertz CT molecular complexity index is 278. The molecule has 1 rings (SSSR count). The third-order valence-corrected chi connectivity index (χ3v) is 2.80. The van der Waals surface area contributed by atoms with Crippen molar-refractivity contribution in [2.45, 2.75) is 24.6 Å². The highest BCUT2D eigenvalue weighted by atomic mass is 19.4. The van der Waals surface area contributed by atoms with Gasteiger partial charge in [-0.05, 0) is 18.8 Å². The summed E-state index contributed by atoms with van der Waals surface area (Å²) in [7, 11) is 2.50. The Hall–Kier alpha value is -0.820. The van der Waals surface area contributed by atoms with E-state index in [0.717, 1.165) is 7.11 Å². The van der Waals surface area contributed by atoms with Gasteiger partial charge in [0, 0.05) is 7.11 Å². The molecule has 0 amide bonds. The molecule has 1 fully saturated rings. The van der Waals surface area contributed by atoms with Gasteiger partial charge in [-0.1, -0.05) is 0 Å². The van der Waals surface area contributed by atoms with Crippen LogP contribution in [-0.4, -0.2) is 45.1 Å². The quantitative estimate of drug-likeness (QED) is 0.722. The second-order valence-electron chi connectivity index (χ2n) is 4.14. The van der Waals surface area contributed by atoms with E-state index in [2.05, 4.69) is 10.1 Å². The second kappa shape index (κ2) is 5.22. The van der Waals surface area contributed by atoms with E-state index >= 15 is 0 Å². The number of methoxy groups -OCH3 is 2. The maximum atomic E-state index is 12.2. The van der Waals surface area contributed by atoms with Crippen molar-refractivity contribution in [2.24, 2.45) is 5.92 Å². The fraction of sp³-hybridized carbons (Fsp3) is 0.900. The van der Waals surface area contributed by atoms with Crippen LogP contribution in [0.2, 0.25) is 0 Å². The van der Waals surface area contributed by atoms with Crippen molar-refractivity contribution in [3.05, 3.63) is 0 Å². The lowest BCUT2D eigenvalue weighted by Crippen LogP contribution is -2.59. The lowest BCUT2D eigenvalue weighted by molar-refractivity contribution is -0.158. The third-order valence-electron chi connectivity index (χ3n) is 2.80. The Morgan fingerprint density at radius 2 is 1.94 bits per heavy atom. The Balaban J connectivity index is 2.79. The van der Waals surface area contributed by atoms with Gasteiger partial charge in [-0.3, -0.25) is 5.32 Å². The minimum atomic E-state index is -4.37. The molecule has 0 radical (unpaired) electrons. The number of esters is 1. The summed E-state index contributed by atoms with van der Waals surface area (Å²) in [5, 5.41) is 2.26.